The van der Waals surface area contributed by atoms with Gasteiger partial charge >= 0.3 is 0 Å². The Bertz CT molecular complexity index is 724. The van der Waals surface area contributed by atoms with Crippen LogP contribution in [-0.2, 0) is 6.42 Å². The minimum Gasteiger partial charge on any atom is -0.377 e. The molecule has 0 bridgehead atoms. The Morgan fingerprint density at radius 2 is 1.69 bits per heavy atom. The van der Waals surface area contributed by atoms with Crippen molar-refractivity contribution in [1.29, 1.82) is 0 Å². The summed E-state index contributed by atoms with van der Waals surface area (Å²) in [6.07, 6.45) is 3.56. The molecule has 0 spiro atoms. The lowest BCUT2D eigenvalue weighted by molar-refractivity contribution is 0.0631. The number of amides is 1. The lowest BCUT2D eigenvalue weighted by Gasteiger charge is -2.36. The second-order valence-corrected chi connectivity index (χ2v) is 6.87. The molecule has 1 amide bonds. The Balaban J connectivity index is 2.40. The van der Waals surface area contributed by atoms with Gasteiger partial charge in [-0.3, -0.25) is 4.79 Å². The first-order chi connectivity index (χ1) is 12.5. The van der Waals surface area contributed by atoms with E-state index in [1.165, 1.54) is 5.56 Å². The van der Waals surface area contributed by atoms with E-state index in [0.29, 0.717) is 0 Å². The average Bonchev–Trinajstić information content (AvgIpc) is 2.67. The van der Waals surface area contributed by atoms with Crippen molar-refractivity contribution in [2.75, 3.05) is 19.0 Å². The Morgan fingerprint density at radius 1 is 1.08 bits per heavy atom. The van der Waals surface area contributed by atoms with Gasteiger partial charge in [-0.2, -0.15) is 0 Å². The van der Waals surface area contributed by atoms with Crippen molar-refractivity contribution >= 4 is 11.6 Å². The van der Waals surface area contributed by atoms with Gasteiger partial charge in [-0.15, -0.1) is 6.58 Å². The van der Waals surface area contributed by atoms with Crippen molar-refractivity contribution in [2.45, 2.75) is 38.8 Å². The second kappa shape index (κ2) is 9.23. The van der Waals surface area contributed by atoms with Gasteiger partial charge in [0.1, 0.15) is 0 Å². The summed E-state index contributed by atoms with van der Waals surface area (Å²) in [6.45, 7) is 8.25. The molecule has 0 aromatic heterocycles. The summed E-state index contributed by atoms with van der Waals surface area (Å²) in [7, 11) is 3.93. The van der Waals surface area contributed by atoms with Crippen LogP contribution in [0.25, 0.3) is 0 Å². The molecule has 0 saturated heterocycles. The quantitative estimate of drug-likeness (QED) is 0.639. The SMILES string of the molecule is C=CC(Cc1ccccc1)N(C(=O)c1ccccc1N(C)C)C(C)CC. The van der Waals surface area contributed by atoms with Crippen LogP contribution < -0.4 is 4.90 Å². The number of carbonyl (C=O) groups excluding carboxylic acids is 1. The van der Waals surface area contributed by atoms with Crippen LogP contribution in [0.5, 0.6) is 0 Å². The summed E-state index contributed by atoms with van der Waals surface area (Å²) < 4.78 is 0. The molecule has 0 saturated carbocycles. The normalized spacial score (nSPS) is 12.9. The van der Waals surface area contributed by atoms with E-state index in [0.717, 1.165) is 24.1 Å². The summed E-state index contributed by atoms with van der Waals surface area (Å²) in [5.41, 5.74) is 2.88. The van der Waals surface area contributed by atoms with Crippen molar-refractivity contribution in [3.63, 3.8) is 0 Å². The van der Waals surface area contributed by atoms with E-state index in [-0.39, 0.29) is 18.0 Å². The van der Waals surface area contributed by atoms with Crippen molar-refractivity contribution in [3.8, 4) is 0 Å². The van der Waals surface area contributed by atoms with E-state index in [1.807, 2.05) is 72.4 Å². The molecule has 0 aliphatic heterocycles. The zero-order valence-corrected chi connectivity index (χ0v) is 16.4. The number of anilines is 1. The molecule has 2 aromatic rings. The number of rotatable bonds is 8. The van der Waals surface area contributed by atoms with Gasteiger partial charge in [0.25, 0.3) is 5.91 Å². The number of carbonyl (C=O) groups is 1. The smallest absolute Gasteiger partial charge is 0.256 e. The molecule has 0 heterocycles. The van der Waals surface area contributed by atoms with Gasteiger partial charge in [0, 0.05) is 25.8 Å². The Labute approximate surface area is 157 Å². The molecule has 2 unspecified atom stereocenters. The third-order valence-corrected chi connectivity index (χ3v) is 4.83. The molecule has 0 aliphatic rings. The zero-order valence-electron chi connectivity index (χ0n) is 16.4. The summed E-state index contributed by atoms with van der Waals surface area (Å²) in [5, 5.41) is 0. The minimum absolute atomic E-state index is 0.0462. The van der Waals surface area contributed by atoms with E-state index in [1.54, 1.807) is 0 Å². The van der Waals surface area contributed by atoms with Crippen molar-refractivity contribution in [2.24, 2.45) is 0 Å². The minimum atomic E-state index is -0.0462. The molecule has 2 rings (SSSR count). The van der Waals surface area contributed by atoms with E-state index < -0.39 is 0 Å². The predicted octanol–water partition coefficient (Wildman–Crippen LogP) is 4.79. The van der Waals surface area contributed by atoms with E-state index in [4.69, 9.17) is 0 Å². The summed E-state index contributed by atoms with van der Waals surface area (Å²) >= 11 is 0. The maximum absolute atomic E-state index is 13.5. The van der Waals surface area contributed by atoms with Crippen LogP contribution in [0.1, 0.15) is 36.2 Å². The maximum atomic E-state index is 13.5. The first-order valence-electron chi connectivity index (χ1n) is 9.25. The standard InChI is InChI=1S/C23H30N2O/c1-6-18(3)25(20(7-2)17-19-13-9-8-10-14-19)23(26)21-15-11-12-16-22(21)24(4)5/h7-16,18,20H,2,6,17H2,1,3-5H3. The molecule has 3 nitrogen and oxygen atoms in total. The predicted molar refractivity (Wildman–Crippen MR) is 111 cm³/mol. The number of hydrogen-bond donors (Lipinski definition) is 0. The van der Waals surface area contributed by atoms with Crippen LogP contribution in [0.4, 0.5) is 5.69 Å². The van der Waals surface area contributed by atoms with Crippen LogP contribution in [-0.4, -0.2) is 37.0 Å². The van der Waals surface area contributed by atoms with Gasteiger partial charge in [-0.05, 0) is 37.5 Å². The molecular weight excluding hydrogens is 320 g/mol. The maximum Gasteiger partial charge on any atom is 0.256 e. The molecule has 2 aromatic carbocycles. The van der Waals surface area contributed by atoms with Crippen LogP contribution in [0.2, 0.25) is 0 Å². The topological polar surface area (TPSA) is 23.6 Å². The summed E-state index contributed by atoms with van der Waals surface area (Å²) in [5.74, 6) is 0.0597. The first kappa shape index (κ1) is 19.8. The molecule has 0 fully saturated rings. The third kappa shape index (κ3) is 4.54. The lowest BCUT2D eigenvalue weighted by Crippen LogP contribution is -2.46. The fourth-order valence-corrected chi connectivity index (χ4v) is 3.21. The molecule has 0 radical (unpaired) electrons. The molecule has 0 aliphatic carbocycles. The highest BCUT2D eigenvalue weighted by Gasteiger charge is 2.28. The van der Waals surface area contributed by atoms with Gasteiger partial charge in [-0.25, -0.2) is 0 Å². The Morgan fingerprint density at radius 3 is 2.27 bits per heavy atom. The fraction of sp³-hybridized carbons (Fsp3) is 0.348. The van der Waals surface area contributed by atoms with Crippen molar-refractivity contribution < 1.29 is 4.79 Å². The van der Waals surface area contributed by atoms with Gasteiger partial charge in [-0.1, -0.05) is 55.5 Å². The van der Waals surface area contributed by atoms with Crippen molar-refractivity contribution in [1.82, 2.24) is 4.90 Å². The van der Waals surface area contributed by atoms with Gasteiger partial charge in [0.15, 0.2) is 0 Å². The highest BCUT2D eigenvalue weighted by atomic mass is 16.2. The average molecular weight is 351 g/mol. The second-order valence-electron chi connectivity index (χ2n) is 6.87. The molecule has 138 valence electrons. The molecule has 0 N–H and O–H groups in total. The molecule has 3 heteroatoms. The van der Waals surface area contributed by atoms with E-state index >= 15 is 0 Å². The molecule has 26 heavy (non-hydrogen) atoms. The van der Waals surface area contributed by atoms with Gasteiger partial charge < -0.3 is 9.80 Å². The summed E-state index contributed by atoms with van der Waals surface area (Å²) in [6, 6.07) is 18.2. The largest absolute Gasteiger partial charge is 0.377 e. The Kier molecular flexibility index (Phi) is 7.02. The van der Waals surface area contributed by atoms with Crippen LogP contribution in [0, 0.1) is 0 Å². The fourth-order valence-electron chi connectivity index (χ4n) is 3.21. The number of para-hydroxylation sites is 1. The van der Waals surface area contributed by atoms with Gasteiger partial charge in [0.05, 0.1) is 11.6 Å². The zero-order chi connectivity index (χ0) is 19.1. The van der Waals surface area contributed by atoms with Crippen LogP contribution >= 0.6 is 0 Å². The third-order valence-electron chi connectivity index (χ3n) is 4.83. The van der Waals surface area contributed by atoms with Gasteiger partial charge in [0.2, 0.25) is 0 Å². The van der Waals surface area contributed by atoms with Crippen molar-refractivity contribution in [3.05, 3.63) is 78.4 Å². The van der Waals surface area contributed by atoms with E-state index in [9.17, 15) is 4.79 Å². The number of benzene rings is 2. The Hall–Kier alpha value is -2.55. The van der Waals surface area contributed by atoms with Crippen LogP contribution in [0.3, 0.4) is 0 Å². The lowest BCUT2D eigenvalue weighted by atomic mass is 10.00. The highest BCUT2D eigenvalue weighted by molar-refractivity contribution is 6.00. The molecular formula is C23H30N2O. The first-order valence-corrected chi connectivity index (χ1v) is 9.25. The monoisotopic (exact) mass is 350 g/mol. The number of hydrogen-bond acceptors (Lipinski definition) is 2. The number of nitrogens with zero attached hydrogens (tertiary/aromatic N) is 2. The summed E-state index contributed by atoms with van der Waals surface area (Å²) in [4.78, 5) is 17.5. The highest BCUT2D eigenvalue weighted by Crippen LogP contribution is 2.24. The molecule has 2 atom stereocenters. The van der Waals surface area contributed by atoms with Crippen LogP contribution in [0.15, 0.2) is 67.3 Å². The van der Waals surface area contributed by atoms with E-state index in [2.05, 4.69) is 32.6 Å².